The number of hydrazine groups is 1. The van der Waals surface area contributed by atoms with Crippen molar-refractivity contribution in [3.63, 3.8) is 0 Å². The smallest absolute Gasteiger partial charge is 0.269 e. The fourth-order valence-electron chi connectivity index (χ4n) is 2.22. The summed E-state index contributed by atoms with van der Waals surface area (Å²) >= 11 is 5.10. The minimum Gasteiger partial charge on any atom is -0.357 e. The van der Waals surface area contributed by atoms with Crippen molar-refractivity contribution in [2.75, 3.05) is 0 Å². The van der Waals surface area contributed by atoms with Crippen molar-refractivity contribution in [2.24, 2.45) is 0 Å². The average Bonchev–Trinajstić information content (AvgIpc) is 2.64. The van der Waals surface area contributed by atoms with Crippen LogP contribution < -0.4 is 16.2 Å². The molecule has 0 saturated carbocycles. The molecule has 0 aromatic heterocycles. The van der Waals surface area contributed by atoms with Crippen LogP contribution in [0.15, 0.2) is 48.5 Å². The lowest BCUT2D eigenvalue weighted by atomic mass is 10.1. The number of thiocarbonyl (C=S) groups is 1. The number of aryl methyl sites for hydroxylation is 1. The molecule has 2 aromatic rings. The van der Waals surface area contributed by atoms with E-state index in [2.05, 4.69) is 23.1 Å². The Labute approximate surface area is 152 Å². The molecule has 0 aliphatic carbocycles. The first-order valence-electron chi connectivity index (χ1n) is 8.26. The summed E-state index contributed by atoms with van der Waals surface area (Å²) in [5.74, 6) is -0.537. The fraction of sp³-hybridized carbons (Fsp3) is 0.263. The van der Waals surface area contributed by atoms with E-state index in [-0.39, 0.29) is 16.8 Å². The maximum absolute atomic E-state index is 12.8. The second-order valence-corrected chi connectivity index (χ2v) is 6.10. The molecule has 0 aliphatic rings. The number of amides is 1. The number of hydrogen-bond donors (Lipinski definition) is 3. The Kier molecular flexibility index (Phi) is 7.35. The van der Waals surface area contributed by atoms with Gasteiger partial charge in [0.05, 0.1) is 0 Å². The van der Waals surface area contributed by atoms with Gasteiger partial charge in [0.25, 0.3) is 5.91 Å². The van der Waals surface area contributed by atoms with Crippen LogP contribution in [0.25, 0.3) is 0 Å². The summed E-state index contributed by atoms with van der Waals surface area (Å²) in [6.07, 6.45) is 3.31. The summed E-state index contributed by atoms with van der Waals surface area (Å²) in [5, 5.41) is 3.23. The molecule has 2 rings (SSSR count). The van der Waals surface area contributed by atoms with Gasteiger partial charge in [0.1, 0.15) is 5.82 Å². The number of benzene rings is 2. The van der Waals surface area contributed by atoms with Crippen LogP contribution in [0, 0.1) is 5.82 Å². The normalized spacial score (nSPS) is 10.2. The molecule has 0 fully saturated rings. The summed E-state index contributed by atoms with van der Waals surface area (Å²) in [4.78, 5) is 12.1. The van der Waals surface area contributed by atoms with Gasteiger partial charge < -0.3 is 5.32 Å². The van der Waals surface area contributed by atoms with Crippen molar-refractivity contribution in [1.29, 1.82) is 0 Å². The summed E-state index contributed by atoms with van der Waals surface area (Å²) in [6.45, 7) is 2.59. The number of halogens is 1. The topological polar surface area (TPSA) is 53.2 Å². The first-order chi connectivity index (χ1) is 12.1. The quantitative estimate of drug-likeness (QED) is 0.546. The highest BCUT2D eigenvalue weighted by Gasteiger charge is 2.06. The van der Waals surface area contributed by atoms with Crippen LogP contribution in [0.2, 0.25) is 0 Å². The molecule has 0 bridgehead atoms. The predicted octanol–water partition coefficient (Wildman–Crippen LogP) is 3.48. The van der Waals surface area contributed by atoms with Crippen molar-refractivity contribution in [1.82, 2.24) is 16.2 Å². The van der Waals surface area contributed by atoms with Crippen LogP contribution in [-0.4, -0.2) is 11.0 Å². The van der Waals surface area contributed by atoms with Crippen molar-refractivity contribution < 1.29 is 9.18 Å². The predicted molar refractivity (Wildman–Crippen MR) is 101 cm³/mol. The van der Waals surface area contributed by atoms with Gasteiger partial charge >= 0.3 is 0 Å². The van der Waals surface area contributed by atoms with Gasteiger partial charge in [-0.25, -0.2) is 4.39 Å². The third-order valence-electron chi connectivity index (χ3n) is 3.69. The molecule has 4 nitrogen and oxygen atoms in total. The van der Waals surface area contributed by atoms with E-state index < -0.39 is 0 Å². The molecule has 0 heterocycles. The van der Waals surface area contributed by atoms with Crippen molar-refractivity contribution in [2.45, 2.75) is 32.7 Å². The Morgan fingerprint density at radius 2 is 1.64 bits per heavy atom. The van der Waals surface area contributed by atoms with Crippen LogP contribution in [0.3, 0.4) is 0 Å². The average molecular weight is 359 g/mol. The van der Waals surface area contributed by atoms with Crippen molar-refractivity contribution >= 4 is 23.2 Å². The molecular weight excluding hydrogens is 337 g/mol. The second-order valence-electron chi connectivity index (χ2n) is 5.69. The molecule has 2 aromatic carbocycles. The molecule has 1 amide bonds. The number of nitrogens with one attached hydrogen (secondary N) is 3. The summed E-state index contributed by atoms with van der Waals surface area (Å²) < 4.78 is 12.8. The zero-order valence-corrected chi connectivity index (χ0v) is 15.0. The molecule has 0 radical (unpaired) electrons. The fourth-order valence-corrected chi connectivity index (χ4v) is 2.34. The Balaban J connectivity index is 1.74. The molecule has 0 atom stereocenters. The van der Waals surface area contributed by atoms with E-state index in [0.717, 1.165) is 24.8 Å². The van der Waals surface area contributed by atoms with E-state index in [4.69, 9.17) is 12.2 Å². The third kappa shape index (κ3) is 6.51. The lowest BCUT2D eigenvalue weighted by Gasteiger charge is -2.12. The standard InChI is InChI=1S/C19H22FN3OS/c1-2-3-4-14-5-9-16(10-6-14)18(24)22-23-19(25)21-13-15-7-11-17(20)12-8-15/h5-12H,2-4,13H2,1H3,(H,22,24)(H2,21,23,25). The number of carbonyl (C=O) groups is 1. The maximum atomic E-state index is 12.8. The van der Waals surface area contributed by atoms with Crippen molar-refractivity contribution in [3.05, 3.63) is 71.0 Å². The SMILES string of the molecule is CCCCc1ccc(C(=O)NNC(=S)NCc2ccc(F)cc2)cc1. The lowest BCUT2D eigenvalue weighted by molar-refractivity contribution is 0.0943. The molecular formula is C19H22FN3OS. The van der Waals surface area contributed by atoms with Crippen LogP contribution in [0.1, 0.15) is 41.3 Å². The Hall–Kier alpha value is -2.47. The van der Waals surface area contributed by atoms with Crippen LogP contribution >= 0.6 is 12.2 Å². The van der Waals surface area contributed by atoms with Crippen LogP contribution in [0.5, 0.6) is 0 Å². The molecule has 132 valence electrons. The molecule has 0 aliphatic heterocycles. The molecule has 0 unspecified atom stereocenters. The van der Waals surface area contributed by atoms with Gasteiger partial charge in [-0.15, -0.1) is 0 Å². The molecule has 0 saturated heterocycles. The summed E-state index contributed by atoms with van der Waals surface area (Å²) in [7, 11) is 0. The maximum Gasteiger partial charge on any atom is 0.269 e. The van der Waals surface area contributed by atoms with E-state index in [9.17, 15) is 9.18 Å². The zero-order valence-electron chi connectivity index (χ0n) is 14.1. The monoisotopic (exact) mass is 359 g/mol. The van der Waals surface area contributed by atoms with E-state index in [1.807, 2.05) is 12.1 Å². The zero-order chi connectivity index (χ0) is 18.1. The van der Waals surface area contributed by atoms with Gasteiger partial charge in [0.2, 0.25) is 0 Å². The van der Waals surface area contributed by atoms with E-state index in [1.54, 1.807) is 24.3 Å². The lowest BCUT2D eigenvalue weighted by Crippen LogP contribution is -2.46. The number of rotatable bonds is 6. The van der Waals surface area contributed by atoms with Gasteiger partial charge in [0.15, 0.2) is 5.11 Å². The van der Waals surface area contributed by atoms with Gasteiger partial charge in [-0.05, 0) is 60.5 Å². The summed E-state index contributed by atoms with van der Waals surface area (Å²) in [5.41, 5.74) is 7.89. The largest absolute Gasteiger partial charge is 0.357 e. The van der Waals surface area contributed by atoms with Crippen LogP contribution in [-0.2, 0) is 13.0 Å². The van der Waals surface area contributed by atoms with Gasteiger partial charge in [-0.2, -0.15) is 0 Å². The first-order valence-corrected chi connectivity index (χ1v) is 8.67. The van der Waals surface area contributed by atoms with Crippen LogP contribution in [0.4, 0.5) is 4.39 Å². The minimum absolute atomic E-state index is 0.257. The highest BCUT2D eigenvalue weighted by atomic mass is 32.1. The summed E-state index contributed by atoms with van der Waals surface area (Å²) in [6, 6.07) is 13.7. The Morgan fingerprint density at radius 3 is 2.28 bits per heavy atom. The second kappa shape index (κ2) is 9.74. The molecule has 3 N–H and O–H groups in total. The van der Waals surface area contributed by atoms with E-state index >= 15 is 0 Å². The third-order valence-corrected chi connectivity index (χ3v) is 3.94. The highest BCUT2D eigenvalue weighted by molar-refractivity contribution is 7.80. The van der Waals surface area contributed by atoms with Crippen molar-refractivity contribution in [3.8, 4) is 0 Å². The van der Waals surface area contributed by atoms with Gasteiger partial charge in [0, 0.05) is 12.1 Å². The molecule has 6 heteroatoms. The highest BCUT2D eigenvalue weighted by Crippen LogP contribution is 2.07. The van der Waals surface area contributed by atoms with E-state index in [0.29, 0.717) is 12.1 Å². The van der Waals surface area contributed by atoms with Gasteiger partial charge in [-0.3, -0.25) is 15.6 Å². The number of unbranched alkanes of at least 4 members (excludes halogenated alkanes) is 1. The number of hydrogen-bond acceptors (Lipinski definition) is 2. The molecule has 25 heavy (non-hydrogen) atoms. The minimum atomic E-state index is -0.280. The Morgan fingerprint density at radius 1 is 1.00 bits per heavy atom. The number of carbonyl (C=O) groups excluding carboxylic acids is 1. The molecule has 0 spiro atoms. The Bertz CT molecular complexity index is 702. The van der Waals surface area contributed by atoms with Gasteiger partial charge in [-0.1, -0.05) is 37.6 Å². The first kappa shape index (κ1) is 18.9. The van der Waals surface area contributed by atoms with E-state index in [1.165, 1.54) is 17.7 Å².